The molecule has 4 heterocycles. The molecule has 0 saturated carbocycles. The minimum Gasteiger partial charge on any atom is -0.463 e. The van der Waals surface area contributed by atoms with Crippen molar-refractivity contribution in [1.82, 2.24) is 15.0 Å². The van der Waals surface area contributed by atoms with Crippen molar-refractivity contribution in [1.29, 1.82) is 0 Å². The lowest BCUT2D eigenvalue weighted by molar-refractivity contribution is 0.0787. The molecule has 1 saturated heterocycles. The molecule has 1 fully saturated rings. The third-order valence-electron chi connectivity index (χ3n) is 5.70. The molecule has 0 N–H and O–H groups in total. The van der Waals surface area contributed by atoms with Gasteiger partial charge in [-0.15, -0.1) is 0 Å². The van der Waals surface area contributed by atoms with Crippen LogP contribution in [0.1, 0.15) is 21.6 Å². The third kappa shape index (κ3) is 3.85. The average Bonchev–Trinajstić information content (AvgIpc) is 3.49. The first-order chi connectivity index (χ1) is 15.6. The minimum absolute atomic E-state index is 0.131. The van der Waals surface area contributed by atoms with Gasteiger partial charge in [-0.1, -0.05) is 17.3 Å². The van der Waals surface area contributed by atoms with Crippen LogP contribution < -0.4 is 4.90 Å². The van der Waals surface area contributed by atoms with Gasteiger partial charge in [0.15, 0.2) is 5.76 Å². The lowest BCUT2D eigenvalue weighted by Gasteiger charge is -2.29. The highest BCUT2D eigenvalue weighted by molar-refractivity contribution is 6.06. The Morgan fingerprint density at radius 3 is 2.66 bits per heavy atom. The van der Waals surface area contributed by atoms with E-state index in [2.05, 4.69) is 39.3 Å². The van der Waals surface area contributed by atoms with Gasteiger partial charge in [0.1, 0.15) is 5.69 Å². The zero-order valence-electron chi connectivity index (χ0n) is 18.1. The topological polar surface area (TPSA) is 84.8 Å². The van der Waals surface area contributed by atoms with E-state index in [-0.39, 0.29) is 5.91 Å². The van der Waals surface area contributed by atoms with E-state index in [1.54, 1.807) is 43.3 Å². The number of benzene rings is 1. The normalized spacial score (nSPS) is 14.1. The van der Waals surface area contributed by atoms with Crippen molar-refractivity contribution in [3.63, 3.8) is 0 Å². The molecule has 1 aromatic carbocycles. The lowest BCUT2D eigenvalue weighted by Crippen LogP contribution is -2.36. The fourth-order valence-electron chi connectivity index (χ4n) is 4.00. The zero-order chi connectivity index (χ0) is 22.1. The van der Waals surface area contributed by atoms with E-state index < -0.39 is 0 Å². The van der Waals surface area contributed by atoms with Crippen molar-refractivity contribution < 1.29 is 18.5 Å². The number of furan rings is 1. The molecular weight excluding hydrogens is 408 g/mol. The number of carbonyl (C=O) groups is 1. The van der Waals surface area contributed by atoms with Gasteiger partial charge in [0.05, 0.1) is 36.1 Å². The van der Waals surface area contributed by atoms with Gasteiger partial charge in [-0.25, -0.2) is 4.98 Å². The Kier molecular flexibility index (Phi) is 5.36. The van der Waals surface area contributed by atoms with Gasteiger partial charge >= 0.3 is 0 Å². The Labute approximate surface area is 185 Å². The summed E-state index contributed by atoms with van der Waals surface area (Å²) in [5.74, 6) is 0.435. The number of pyridine rings is 1. The predicted molar refractivity (Wildman–Crippen MR) is 120 cm³/mol. The SMILES string of the molecule is Cc1noc2nc(-c3ccco3)cc(C(=O)N(C)Cc3ccc(N4CCOCC4)cc3)c12. The van der Waals surface area contributed by atoms with Crippen molar-refractivity contribution in [2.75, 3.05) is 38.3 Å². The zero-order valence-corrected chi connectivity index (χ0v) is 18.1. The molecule has 1 aliphatic rings. The van der Waals surface area contributed by atoms with E-state index in [9.17, 15) is 4.79 Å². The molecule has 0 atom stereocenters. The summed E-state index contributed by atoms with van der Waals surface area (Å²) in [5, 5.41) is 4.63. The van der Waals surface area contributed by atoms with Crippen LogP contribution >= 0.6 is 0 Å². The molecule has 0 aliphatic carbocycles. The number of aryl methyl sites for hydroxylation is 1. The number of hydrogen-bond donors (Lipinski definition) is 0. The van der Waals surface area contributed by atoms with Crippen LogP contribution in [-0.4, -0.2) is 54.3 Å². The molecule has 3 aromatic heterocycles. The number of ether oxygens (including phenoxy) is 1. The second-order valence-electron chi connectivity index (χ2n) is 7.91. The number of fused-ring (bicyclic) bond motifs is 1. The standard InChI is InChI=1S/C24H24N4O4/c1-16-22-19(14-20(21-4-3-11-31-21)25-23(22)32-26-16)24(29)27(2)15-17-5-7-18(8-6-17)28-9-12-30-13-10-28/h3-8,11,14H,9-10,12-13,15H2,1-2H3. The summed E-state index contributed by atoms with van der Waals surface area (Å²) in [4.78, 5) is 21.9. The van der Waals surface area contributed by atoms with Crippen LogP contribution in [0.2, 0.25) is 0 Å². The first-order valence-corrected chi connectivity index (χ1v) is 10.6. The third-order valence-corrected chi connectivity index (χ3v) is 5.70. The maximum atomic E-state index is 13.4. The van der Waals surface area contributed by atoms with E-state index in [0.29, 0.717) is 40.4 Å². The Morgan fingerprint density at radius 1 is 1.16 bits per heavy atom. The molecule has 1 amide bonds. The maximum absolute atomic E-state index is 13.4. The second-order valence-corrected chi connectivity index (χ2v) is 7.91. The fourth-order valence-corrected chi connectivity index (χ4v) is 4.00. The summed E-state index contributed by atoms with van der Waals surface area (Å²) < 4.78 is 16.2. The van der Waals surface area contributed by atoms with Crippen LogP contribution in [0.25, 0.3) is 22.6 Å². The first-order valence-electron chi connectivity index (χ1n) is 10.6. The Bertz CT molecular complexity index is 1230. The summed E-state index contributed by atoms with van der Waals surface area (Å²) in [6.07, 6.45) is 1.57. The quantitative estimate of drug-likeness (QED) is 0.473. The average molecular weight is 432 g/mol. The summed E-state index contributed by atoms with van der Waals surface area (Å²) in [6, 6.07) is 13.6. The molecule has 8 nitrogen and oxygen atoms in total. The van der Waals surface area contributed by atoms with Crippen molar-refractivity contribution in [2.45, 2.75) is 13.5 Å². The molecule has 164 valence electrons. The Hall–Kier alpha value is -3.65. The van der Waals surface area contributed by atoms with Crippen LogP contribution in [0.3, 0.4) is 0 Å². The van der Waals surface area contributed by atoms with Gasteiger partial charge in [-0.3, -0.25) is 4.79 Å². The summed E-state index contributed by atoms with van der Waals surface area (Å²) in [6.45, 7) is 5.58. The largest absolute Gasteiger partial charge is 0.463 e. The molecule has 8 heteroatoms. The molecular formula is C24H24N4O4. The lowest BCUT2D eigenvalue weighted by atomic mass is 10.1. The summed E-state index contributed by atoms with van der Waals surface area (Å²) in [5.41, 5.74) is 4.20. The monoisotopic (exact) mass is 432 g/mol. The van der Waals surface area contributed by atoms with Gasteiger partial charge in [0.2, 0.25) is 0 Å². The van der Waals surface area contributed by atoms with Gasteiger partial charge in [-0.05, 0) is 42.8 Å². The van der Waals surface area contributed by atoms with Crippen LogP contribution in [-0.2, 0) is 11.3 Å². The van der Waals surface area contributed by atoms with Crippen LogP contribution in [0.4, 0.5) is 5.69 Å². The van der Waals surface area contributed by atoms with E-state index >= 15 is 0 Å². The minimum atomic E-state index is -0.131. The van der Waals surface area contributed by atoms with Gasteiger partial charge in [0.25, 0.3) is 11.6 Å². The van der Waals surface area contributed by atoms with Crippen molar-refractivity contribution in [3.05, 3.63) is 65.5 Å². The van der Waals surface area contributed by atoms with Crippen LogP contribution in [0.15, 0.2) is 57.7 Å². The molecule has 4 aromatic rings. The highest BCUT2D eigenvalue weighted by Gasteiger charge is 2.22. The number of hydrogen-bond acceptors (Lipinski definition) is 7. The van der Waals surface area contributed by atoms with Crippen LogP contribution in [0.5, 0.6) is 0 Å². The first kappa shape index (κ1) is 20.3. The number of rotatable bonds is 5. The molecule has 0 unspecified atom stereocenters. The molecule has 32 heavy (non-hydrogen) atoms. The van der Waals surface area contributed by atoms with E-state index in [1.807, 2.05) is 0 Å². The van der Waals surface area contributed by atoms with E-state index in [0.717, 1.165) is 31.9 Å². The molecule has 0 spiro atoms. The van der Waals surface area contributed by atoms with Gasteiger partial charge in [0, 0.05) is 32.4 Å². The maximum Gasteiger partial charge on any atom is 0.259 e. The highest BCUT2D eigenvalue weighted by Crippen LogP contribution is 2.28. The van der Waals surface area contributed by atoms with Gasteiger partial charge in [-0.2, -0.15) is 0 Å². The number of amides is 1. The number of carbonyl (C=O) groups excluding carboxylic acids is 1. The number of aromatic nitrogens is 2. The number of anilines is 1. The van der Waals surface area contributed by atoms with E-state index in [1.165, 1.54) is 5.69 Å². The smallest absolute Gasteiger partial charge is 0.259 e. The molecule has 1 aliphatic heterocycles. The molecule has 5 rings (SSSR count). The van der Waals surface area contributed by atoms with E-state index in [4.69, 9.17) is 13.7 Å². The number of morpholine rings is 1. The second kappa shape index (κ2) is 8.47. The van der Waals surface area contributed by atoms with Crippen molar-refractivity contribution in [2.24, 2.45) is 0 Å². The van der Waals surface area contributed by atoms with Crippen molar-refractivity contribution in [3.8, 4) is 11.5 Å². The molecule has 0 bridgehead atoms. The fraction of sp³-hybridized carbons (Fsp3) is 0.292. The summed E-state index contributed by atoms with van der Waals surface area (Å²) >= 11 is 0. The summed E-state index contributed by atoms with van der Waals surface area (Å²) in [7, 11) is 1.79. The molecule has 0 radical (unpaired) electrons. The Balaban J connectivity index is 1.39. The van der Waals surface area contributed by atoms with Crippen molar-refractivity contribution >= 4 is 22.7 Å². The van der Waals surface area contributed by atoms with Gasteiger partial charge < -0.3 is 23.5 Å². The Morgan fingerprint density at radius 2 is 1.94 bits per heavy atom. The predicted octanol–water partition coefficient (Wildman–Crippen LogP) is 3.90. The van der Waals surface area contributed by atoms with Crippen LogP contribution in [0, 0.1) is 6.92 Å². The number of nitrogens with zero attached hydrogens (tertiary/aromatic N) is 4. The highest BCUT2D eigenvalue weighted by atomic mass is 16.5.